The predicted molar refractivity (Wildman–Crippen MR) is 207 cm³/mol. The van der Waals surface area contributed by atoms with E-state index in [0.29, 0.717) is 27.0 Å². The lowest BCUT2D eigenvalue weighted by atomic mass is 9.99. The topological polar surface area (TPSA) is 131 Å². The molecule has 0 radical (unpaired) electrons. The van der Waals surface area contributed by atoms with Gasteiger partial charge in [0, 0.05) is 27.9 Å². The van der Waals surface area contributed by atoms with Crippen LogP contribution in [-0.2, 0) is 21.0 Å². The third-order valence-corrected chi connectivity index (χ3v) is 9.16. The number of nitrogens with one attached hydrogen (secondary N) is 1. The second-order valence-corrected chi connectivity index (χ2v) is 13.1. The van der Waals surface area contributed by atoms with E-state index in [0.717, 1.165) is 22.9 Å². The molecule has 0 aromatic heterocycles. The zero-order chi connectivity index (χ0) is 37.0. The minimum atomic E-state index is -0.778. The van der Waals surface area contributed by atoms with Crippen LogP contribution in [0.25, 0.3) is 6.08 Å². The Hall–Kier alpha value is -5.85. The minimum absolute atomic E-state index is 0.0394. The molecule has 0 atom stereocenters. The van der Waals surface area contributed by atoms with Crippen molar-refractivity contribution in [2.24, 2.45) is 4.99 Å². The standard InChI is InChI=1S/C40H33BrN4O6S/c1-3-5-16-32(4-2)44-39(48)34(24-30-23-31(41)19-22-35(30)51-25-27-17-20-33(21-18-27)45(49)50)38(47)43-40(44)52-26-36(46)42-37(28-12-8-6-9-13-28)29-14-10-7-11-15-29/h3-24,37H,1,25-26H2,2H3,(H,42,46)/b16-5-,32-4+,34-24+. The van der Waals surface area contributed by atoms with E-state index >= 15 is 0 Å². The maximum absolute atomic E-state index is 14.2. The summed E-state index contributed by atoms with van der Waals surface area (Å²) in [6.45, 7) is 5.54. The first-order valence-electron chi connectivity index (χ1n) is 16.0. The van der Waals surface area contributed by atoms with Gasteiger partial charge in [0.15, 0.2) is 5.17 Å². The van der Waals surface area contributed by atoms with Gasteiger partial charge >= 0.3 is 0 Å². The molecule has 52 heavy (non-hydrogen) atoms. The van der Waals surface area contributed by atoms with E-state index in [1.165, 1.54) is 23.1 Å². The summed E-state index contributed by atoms with van der Waals surface area (Å²) in [4.78, 5) is 57.3. The molecule has 0 spiro atoms. The highest BCUT2D eigenvalue weighted by Crippen LogP contribution is 2.31. The molecule has 3 amide bonds. The van der Waals surface area contributed by atoms with Crippen LogP contribution in [0.4, 0.5) is 5.69 Å². The Balaban J connectivity index is 1.41. The van der Waals surface area contributed by atoms with E-state index in [9.17, 15) is 24.5 Å². The summed E-state index contributed by atoms with van der Waals surface area (Å²) in [6, 6.07) is 29.8. The number of amides is 3. The fourth-order valence-electron chi connectivity index (χ4n) is 5.19. The van der Waals surface area contributed by atoms with E-state index in [1.54, 1.807) is 61.6 Å². The molecule has 5 rings (SSSR count). The summed E-state index contributed by atoms with van der Waals surface area (Å²) in [5.41, 5.74) is 3.08. The smallest absolute Gasteiger partial charge is 0.285 e. The van der Waals surface area contributed by atoms with Gasteiger partial charge in [-0.15, -0.1) is 0 Å². The summed E-state index contributed by atoms with van der Waals surface area (Å²) in [5, 5.41) is 14.2. The van der Waals surface area contributed by atoms with E-state index < -0.39 is 22.8 Å². The number of aliphatic imine (C=N–C) groups is 1. The average Bonchev–Trinajstić information content (AvgIpc) is 3.16. The predicted octanol–water partition coefficient (Wildman–Crippen LogP) is 8.33. The van der Waals surface area contributed by atoms with Crippen LogP contribution in [0.1, 0.15) is 35.2 Å². The largest absolute Gasteiger partial charge is 0.488 e. The van der Waals surface area contributed by atoms with Crippen molar-refractivity contribution < 1.29 is 24.0 Å². The van der Waals surface area contributed by atoms with E-state index in [1.807, 2.05) is 60.7 Å². The van der Waals surface area contributed by atoms with Crippen molar-refractivity contribution in [2.75, 3.05) is 5.75 Å². The molecule has 4 aromatic rings. The molecule has 0 saturated heterocycles. The van der Waals surface area contributed by atoms with Crippen LogP contribution in [0.3, 0.4) is 0 Å². The number of hydrogen-bond acceptors (Lipinski definition) is 7. The molecule has 4 aromatic carbocycles. The molecule has 0 saturated carbocycles. The molecule has 0 unspecified atom stereocenters. The second kappa shape index (κ2) is 17.9. The molecule has 10 nitrogen and oxygen atoms in total. The number of nitro benzene ring substituents is 1. The first kappa shape index (κ1) is 37.4. The van der Waals surface area contributed by atoms with Gasteiger partial charge < -0.3 is 10.1 Å². The summed E-state index contributed by atoms with van der Waals surface area (Å²) in [5.74, 6) is -1.50. The Bertz CT molecular complexity index is 2060. The number of nitrogens with zero attached hydrogens (tertiary/aromatic N) is 3. The van der Waals surface area contributed by atoms with E-state index in [4.69, 9.17) is 4.74 Å². The van der Waals surface area contributed by atoms with Gasteiger partial charge in [0.05, 0.1) is 16.7 Å². The number of halogens is 1. The zero-order valence-electron chi connectivity index (χ0n) is 28.0. The Morgan fingerprint density at radius 1 is 1.02 bits per heavy atom. The van der Waals surface area contributed by atoms with Crippen LogP contribution < -0.4 is 10.1 Å². The molecule has 0 fully saturated rings. The van der Waals surface area contributed by atoms with Crippen molar-refractivity contribution in [1.29, 1.82) is 0 Å². The van der Waals surface area contributed by atoms with Crippen LogP contribution in [0.2, 0.25) is 0 Å². The Labute approximate surface area is 313 Å². The highest BCUT2D eigenvalue weighted by molar-refractivity contribution is 9.10. The fourth-order valence-corrected chi connectivity index (χ4v) is 6.37. The number of amidine groups is 1. The van der Waals surface area contributed by atoms with Gasteiger partial charge in [-0.05, 0) is 66.1 Å². The molecule has 0 aliphatic carbocycles. The van der Waals surface area contributed by atoms with Gasteiger partial charge in [0.1, 0.15) is 17.9 Å². The fraction of sp³-hybridized carbons (Fsp3) is 0.100. The van der Waals surface area contributed by atoms with Crippen molar-refractivity contribution >= 4 is 62.3 Å². The van der Waals surface area contributed by atoms with Gasteiger partial charge in [0.25, 0.3) is 17.5 Å². The number of allylic oxidation sites excluding steroid dienone is 4. The highest BCUT2D eigenvalue weighted by atomic mass is 79.9. The summed E-state index contributed by atoms with van der Waals surface area (Å²) in [6.07, 6.45) is 7.98. The van der Waals surface area contributed by atoms with Crippen LogP contribution >= 0.6 is 27.7 Å². The second-order valence-electron chi connectivity index (χ2n) is 11.2. The lowest BCUT2D eigenvalue weighted by Crippen LogP contribution is -2.42. The number of nitro groups is 1. The summed E-state index contributed by atoms with van der Waals surface area (Å²) >= 11 is 4.42. The first-order valence-corrected chi connectivity index (χ1v) is 17.8. The lowest BCUT2D eigenvalue weighted by molar-refractivity contribution is -0.384. The molecular formula is C40H33BrN4O6S. The lowest BCUT2D eigenvalue weighted by Gasteiger charge is -2.28. The third-order valence-electron chi connectivity index (χ3n) is 7.73. The third kappa shape index (κ3) is 9.47. The SMILES string of the molecule is C=C/C=C\C(=C/C)N1C(=O)/C(=C/c2cc(Br)ccc2OCc2ccc([N+](=O)[O-])cc2)C(=O)N=C1SCC(=O)NC(c1ccccc1)c1ccccc1. The number of non-ortho nitro benzene ring substituents is 1. The van der Waals surface area contributed by atoms with Crippen LogP contribution in [-0.4, -0.2) is 38.5 Å². The van der Waals surface area contributed by atoms with Gasteiger partial charge in [-0.2, -0.15) is 4.99 Å². The summed E-state index contributed by atoms with van der Waals surface area (Å²) in [7, 11) is 0. The van der Waals surface area contributed by atoms with Gasteiger partial charge in [-0.1, -0.05) is 113 Å². The molecule has 1 heterocycles. The van der Waals surface area contributed by atoms with E-state index in [-0.39, 0.29) is 34.7 Å². The molecule has 1 aliphatic heterocycles. The van der Waals surface area contributed by atoms with E-state index in [2.05, 4.69) is 32.8 Å². The van der Waals surface area contributed by atoms with Crippen LogP contribution in [0.5, 0.6) is 5.75 Å². The van der Waals surface area contributed by atoms with Crippen molar-refractivity contribution in [3.8, 4) is 5.75 Å². The number of rotatable bonds is 13. The molecule has 1 N–H and O–H groups in total. The van der Waals surface area contributed by atoms with Gasteiger partial charge in [0.2, 0.25) is 5.91 Å². The average molecular weight is 778 g/mol. The zero-order valence-corrected chi connectivity index (χ0v) is 30.4. The van der Waals surface area contributed by atoms with Crippen LogP contribution in [0, 0.1) is 10.1 Å². The monoisotopic (exact) mass is 776 g/mol. The first-order chi connectivity index (χ1) is 25.2. The molecule has 12 heteroatoms. The maximum Gasteiger partial charge on any atom is 0.285 e. The molecule has 0 bridgehead atoms. The van der Waals surface area contributed by atoms with Crippen molar-refractivity contribution in [3.05, 3.63) is 182 Å². The Morgan fingerprint density at radius 3 is 2.27 bits per heavy atom. The Morgan fingerprint density at radius 2 is 1.67 bits per heavy atom. The molecular weight excluding hydrogens is 744 g/mol. The number of thioether (sulfide) groups is 1. The number of ether oxygens (including phenoxy) is 1. The van der Waals surface area contributed by atoms with Crippen molar-refractivity contribution in [2.45, 2.75) is 19.6 Å². The normalized spacial score (nSPS) is 14.1. The minimum Gasteiger partial charge on any atom is -0.488 e. The van der Waals surface area contributed by atoms with Gasteiger partial charge in [-0.3, -0.25) is 29.4 Å². The maximum atomic E-state index is 14.2. The van der Waals surface area contributed by atoms with Crippen molar-refractivity contribution in [1.82, 2.24) is 10.2 Å². The number of benzene rings is 4. The number of carbonyl (C=O) groups is 3. The van der Waals surface area contributed by atoms with Crippen LogP contribution in [0.15, 0.2) is 155 Å². The molecule has 262 valence electrons. The van der Waals surface area contributed by atoms with Crippen molar-refractivity contribution in [3.63, 3.8) is 0 Å². The highest BCUT2D eigenvalue weighted by Gasteiger charge is 2.35. The number of carbonyl (C=O) groups excluding carboxylic acids is 3. The molecule has 1 aliphatic rings. The number of hydrogen-bond donors (Lipinski definition) is 1. The quantitative estimate of drug-likeness (QED) is 0.0475. The van der Waals surface area contributed by atoms with Gasteiger partial charge in [-0.25, -0.2) is 0 Å². The summed E-state index contributed by atoms with van der Waals surface area (Å²) < 4.78 is 6.71. The Kier molecular flexibility index (Phi) is 12.9.